The zero-order valence-electron chi connectivity index (χ0n) is 57.2. The monoisotopic (exact) mass is 1360 g/mol. The van der Waals surface area contributed by atoms with E-state index in [4.69, 9.17) is 24.4 Å². The molecule has 106 heavy (non-hydrogen) atoms. The largest absolute Gasteiger partial charge is 0.492 e. The summed E-state index contributed by atoms with van der Waals surface area (Å²) >= 11 is 0. The molecule has 1 aliphatic heterocycles. The van der Waals surface area contributed by atoms with Crippen molar-refractivity contribution in [1.82, 2.24) is 41.9 Å². The molecule has 21 aromatic rings. The van der Waals surface area contributed by atoms with Gasteiger partial charge >= 0.3 is 0 Å². The zero-order valence-corrected chi connectivity index (χ0v) is 57.2. The van der Waals surface area contributed by atoms with Crippen molar-refractivity contribution in [3.05, 3.63) is 309 Å². The van der Waals surface area contributed by atoms with Crippen LogP contribution in [0.2, 0.25) is 0 Å². The van der Waals surface area contributed by atoms with E-state index in [0.717, 1.165) is 138 Å². The van der Waals surface area contributed by atoms with Crippen molar-refractivity contribution in [1.29, 1.82) is 5.26 Å². The third kappa shape index (κ3) is 8.60. The standard InChI is InChI=1S/C93H61N11O2/c94-57-71-89(102-78-38-16-7-29-66(78)87-84(102)42-21-49-96-87)91(100-76-36-14-5-27-64(76)69-55-58(44-46-81(69)100)105-53-51-98-72-32-10-1-23-60(72)61-24-2-11-33-73(61)98)93(104-80-40-18-9-31-68(80)86-83(104)41-19-20-48-95-86)92(90(71)103-79-39-17-8-30-67(79)88-85(103)43-22-50-97-88)101-77-37-15-6-28-65(77)70-56-59(45-47-82(70)101)106-54-52-99-74-34-12-3-25-62(74)63-26-4-13-35-75(63)99/h1-19,21-50,55-56H,20,51-54H2. The van der Waals surface area contributed by atoms with Gasteiger partial charge in [-0.05, 0) is 121 Å². The van der Waals surface area contributed by atoms with Crippen molar-refractivity contribution in [3.63, 3.8) is 0 Å². The van der Waals surface area contributed by atoms with Crippen molar-refractivity contribution < 1.29 is 9.47 Å². The number of aliphatic imine (C=N–C) groups is 1. The van der Waals surface area contributed by atoms with E-state index < -0.39 is 0 Å². The van der Waals surface area contributed by atoms with Gasteiger partial charge in [0.1, 0.15) is 36.3 Å². The third-order valence-corrected chi connectivity index (χ3v) is 21.9. The number of nitriles is 1. The van der Waals surface area contributed by atoms with Crippen LogP contribution in [0.1, 0.15) is 17.7 Å². The van der Waals surface area contributed by atoms with E-state index in [1.165, 1.54) is 43.6 Å². The lowest BCUT2D eigenvalue weighted by molar-refractivity contribution is 0.302. The average molecular weight is 1360 g/mol. The number of ether oxygens (including phenoxy) is 2. The summed E-state index contributed by atoms with van der Waals surface area (Å²) in [5, 5.41) is 25.1. The van der Waals surface area contributed by atoms with Crippen molar-refractivity contribution in [2.75, 3.05) is 13.2 Å². The number of hydrogen-bond donors (Lipinski definition) is 0. The maximum atomic E-state index is 13.4. The molecule has 13 nitrogen and oxygen atoms in total. The maximum Gasteiger partial charge on any atom is 0.120 e. The molecule has 0 saturated carbocycles. The van der Waals surface area contributed by atoms with E-state index in [9.17, 15) is 5.26 Å². The molecule has 0 spiro atoms. The molecule has 9 aromatic heterocycles. The SMILES string of the molecule is N#Cc1c(-n2c3ccccc3c3ncccc32)c(-n2c3ccccc3c3cc(OCCn4c5ccccc5c5ccccc54)ccc32)c(-n2c3c(c4ccccc42)N=CCC=C3)c(-n2c3ccccc3c3cc(OCCn4c5ccccc5c5ccccc54)ccc32)c1-n1c2ccccc2c2ncccc21. The molecule has 22 rings (SSSR count). The number of allylic oxidation sites excluding steroid dienone is 1. The van der Waals surface area contributed by atoms with E-state index in [2.05, 4.69) is 317 Å². The van der Waals surface area contributed by atoms with E-state index in [0.29, 0.717) is 49.7 Å². The minimum absolute atomic E-state index is 0.412. The lowest BCUT2D eigenvalue weighted by Gasteiger charge is -2.30. The molecule has 12 aromatic carbocycles. The Balaban J connectivity index is 0.884. The molecular weight excluding hydrogens is 1300 g/mol. The highest BCUT2D eigenvalue weighted by Gasteiger charge is 2.37. The van der Waals surface area contributed by atoms with Crippen LogP contribution in [0.15, 0.2) is 303 Å². The first-order chi connectivity index (χ1) is 52.6. The fourth-order valence-corrected chi connectivity index (χ4v) is 17.6. The second-order valence-corrected chi connectivity index (χ2v) is 27.3. The molecule has 0 aliphatic carbocycles. The number of hydrogen-bond acceptors (Lipinski definition) is 6. The van der Waals surface area contributed by atoms with Crippen LogP contribution in [0.25, 0.3) is 177 Å². The van der Waals surface area contributed by atoms with Crippen LogP contribution >= 0.6 is 0 Å². The van der Waals surface area contributed by atoms with Gasteiger partial charge in [0.2, 0.25) is 0 Å². The van der Waals surface area contributed by atoms with Gasteiger partial charge in [-0.1, -0.05) is 170 Å². The summed E-state index contributed by atoms with van der Waals surface area (Å²) < 4.78 is 30.7. The van der Waals surface area contributed by atoms with Crippen LogP contribution in [0, 0.1) is 11.3 Å². The molecule has 0 bridgehead atoms. The Kier molecular flexibility index (Phi) is 13.1. The molecule has 0 radical (unpaired) electrons. The van der Waals surface area contributed by atoms with Crippen LogP contribution in [-0.4, -0.2) is 61.4 Å². The van der Waals surface area contributed by atoms with Crippen molar-refractivity contribution in [2.24, 2.45) is 4.99 Å². The van der Waals surface area contributed by atoms with Gasteiger partial charge in [-0.3, -0.25) is 15.0 Å². The average Bonchev–Trinajstić information content (AvgIpc) is 1.38. The van der Waals surface area contributed by atoms with Crippen LogP contribution < -0.4 is 9.47 Å². The molecule has 0 saturated heterocycles. The second-order valence-electron chi connectivity index (χ2n) is 27.3. The first-order valence-corrected chi connectivity index (χ1v) is 36.1. The highest BCUT2D eigenvalue weighted by Crippen LogP contribution is 2.53. The molecular formula is C93H61N11O2. The predicted molar refractivity (Wildman–Crippen MR) is 433 cm³/mol. The molecule has 0 atom stereocenters. The lowest BCUT2D eigenvalue weighted by Crippen LogP contribution is -2.19. The maximum absolute atomic E-state index is 13.4. The Hall–Kier alpha value is -14.2. The van der Waals surface area contributed by atoms with Crippen LogP contribution in [0.5, 0.6) is 11.5 Å². The fourth-order valence-electron chi connectivity index (χ4n) is 17.6. The van der Waals surface area contributed by atoms with E-state index in [1.807, 2.05) is 30.7 Å². The quantitative estimate of drug-likeness (QED) is 0.114. The van der Waals surface area contributed by atoms with Gasteiger partial charge in [-0.2, -0.15) is 5.26 Å². The first-order valence-electron chi connectivity index (χ1n) is 36.1. The Morgan fingerprint density at radius 1 is 0.321 bits per heavy atom. The van der Waals surface area contributed by atoms with Gasteiger partial charge in [-0.15, -0.1) is 0 Å². The van der Waals surface area contributed by atoms with Crippen LogP contribution in [0.4, 0.5) is 5.69 Å². The summed E-state index contributed by atoms with van der Waals surface area (Å²) in [7, 11) is 0. The van der Waals surface area contributed by atoms with Gasteiger partial charge in [-0.25, -0.2) is 0 Å². The Morgan fingerprint density at radius 3 is 1.08 bits per heavy atom. The molecule has 1 aliphatic rings. The number of para-hydroxylation sites is 9. The van der Waals surface area contributed by atoms with E-state index >= 15 is 0 Å². The number of rotatable bonds is 13. The lowest BCUT2D eigenvalue weighted by atomic mass is 10.0. The molecule has 500 valence electrons. The molecule has 0 fully saturated rings. The highest BCUT2D eigenvalue weighted by atomic mass is 16.5. The smallest absolute Gasteiger partial charge is 0.120 e. The molecule has 0 unspecified atom stereocenters. The van der Waals surface area contributed by atoms with Crippen molar-refractivity contribution in [3.8, 4) is 46.0 Å². The van der Waals surface area contributed by atoms with Crippen LogP contribution in [0.3, 0.4) is 0 Å². The van der Waals surface area contributed by atoms with E-state index in [-0.39, 0.29) is 0 Å². The number of fused-ring (bicyclic) bond motifs is 21. The molecule has 13 heteroatoms. The van der Waals surface area contributed by atoms with Gasteiger partial charge in [0.05, 0.1) is 114 Å². The number of pyridine rings is 2. The number of benzene rings is 12. The summed E-state index contributed by atoms with van der Waals surface area (Å²) in [6, 6.07) is 102. The minimum atomic E-state index is 0.412. The Morgan fingerprint density at radius 2 is 0.651 bits per heavy atom. The predicted octanol–water partition coefficient (Wildman–Crippen LogP) is 22.2. The van der Waals surface area contributed by atoms with Gasteiger partial charge in [0, 0.05) is 106 Å². The van der Waals surface area contributed by atoms with Crippen LogP contribution in [-0.2, 0) is 13.1 Å². The number of nitrogens with zero attached hydrogens (tertiary/aromatic N) is 11. The Bertz CT molecular complexity index is 6830. The summed E-state index contributed by atoms with van der Waals surface area (Å²) in [6.07, 6.45) is 10.8. The van der Waals surface area contributed by atoms with Crippen molar-refractivity contribution >= 4 is 160 Å². The first kappa shape index (κ1) is 59.5. The normalized spacial score (nSPS) is 12.6. The summed E-state index contributed by atoms with van der Waals surface area (Å²) in [6.45, 7) is 2.12. The summed E-state index contributed by atoms with van der Waals surface area (Å²) in [5.74, 6) is 1.48. The summed E-state index contributed by atoms with van der Waals surface area (Å²) in [4.78, 5) is 15.9. The molecule has 0 N–H and O–H groups in total. The fraction of sp³-hybridized carbons (Fsp3) is 0.0538. The topological polar surface area (TPSA) is 115 Å². The Labute approximate surface area is 605 Å². The zero-order chi connectivity index (χ0) is 69.7. The van der Waals surface area contributed by atoms with E-state index in [1.54, 1.807) is 0 Å². The minimum Gasteiger partial charge on any atom is -0.492 e. The third-order valence-electron chi connectivity index (χ3n) is 21.9. The second kappa shape index (κ2) is 23.4. The number of aromatic nitrogens is 9. The molecule has 0 amide bonds. The van der Waals surface area contributed by atoms with Gasteiger partial charge < -0.3 is 41.4 Å². The van der Waals surface area contributed by atoms with Gasteiger partial charge in [0.25, 0.3) is 0 Å². The summed E-state index contributed by atoms with van der Waals surface area (Å²) in [5.41, 5.74) is 20.0. The van der Waals surface area contributed by atoms with Crippen molar-refractivity contribution in [2.45, 2.75) is 19.5 Å². The van der Waals surface area contributed by atoms with Gasteiger partial charge in [0.15, 0.2) is 0 Å². The molecule has 10 heterocycles. The highest BCUT2D eigenvalue weighted by molar-refractivity contribution is 6.17.